The maximum absolute atomic E-state index is 12.1. The SMILES string of the molecule is O=C(CN1CN(c2ccccc2)C=N1)c1ccccc1. The molecular formula is C16H15N3O. The first kappa shape index (κ1) is 12.4. The van der Waals surface area contributed by atoms with Crippen LogP contribution in [0.4, 0.5) is 5.69 Å². The Kier molecular flexibility index (Phi) is 3.46. The number of hydrazone groups is 1. The summed E-state index contributed by atoms with van der Waals surface area (Å²) in [6.07, 6.45) is 1.76. The summed E-state index contributed by atoms with van der Waals surface area (Å²) in [7, 11) is 0. The largest absolute Gasteiger partial charge is 0.311 e. The van der Waals surface area contributed by atoms with Crippen LogP contribution in [0.2, 0.25) is 0 Å². The summed E-state index contributed by atoms with van der Waals surface area (Å²) >= 11 is 0. The lowest BCUT2D eigenvalue weighted by molar-refractivity contribution is 0.0940. The molecule has 1 aliphatic heterocycles. The third-order valence-corrected chi connectivity index (χ3v) is 3.18. The molecule has 0 saturated heterocycles. The molecule has 4 heteroatoms. The summed E-state index contributed by atoms with van der Waals surface area (Å²) in [5.41, 5.74) is 1.80. The van der Waals surface area contributed by atoms with Gasteiger partial charge in [0.05, 0.1) is 0 Å². The molecule has 0 radical (unpaired) electrons. The van der Waals surface area contributed by atoms with Crippen LogP contribution in [0.25, 0.3) is 0 Å². The third-order valence-electron chi connectivity index (χ3n) is 3.18. The molecule has 0 aliphatic carbocycles. The van der Waals surface area contributed by atoms with E-state index in [1.165, 1.54) is 0 Å². The van der Waals surface area contributed by atoms with E-state index < -0.39 is 0 Å². The lowest BCUT2D eigenvalue weighted by Gasteiger charge is -2.18. The van der Waals surface area contributed by atoms with E-state index in [1.807, 2.05) is 65.6 Å². The van der Waals surface area contributed by atoms with Crippen LogP contribution in [0.1, 0.15) is 10.4 Å². The van der Waals surface area contributed by atoms with E-state index in [1.54, 1.807) is 11.3 Å². The van der Waals surface area contributed by atoms with Crippen molar-refractivity contribution in [2.24, 2.45) is 5.10 Å². The zero-order valence-electron chi connectivity index (χ0n) is 11.0. The average molecular weight is 265 g/mol. The van der Waals surface area contributed by atoms with Crippen molar-refractivity contribution in [1.82, 2.24) is 5.01 Å². The Morgan fingerprint density at radius 2 is 1.65 bits per heavy atom. The molecule has 20 heavy (non-hydrogen) atoms. The molecule has 0 saturated carbocycles. The predicted molar refractivity (Wildman–Crippen MR) is 79.8 cm³/mol. The Morgan fingerprint density at radius 3 is 2.35 bits per heavy atom. The fraction of sp³-hybridized carbons (Fsp3) is 0.125. The van der Waals surface area contributed by atoms with Crippen molar-refractivity contribution in [3.63, 3.8) is 0 Å². The highest BCUT2D eigenvalue weighted by Gasteiger charge is 2.18. The normalized spacial score (nSPS) is 13.8. The molecule has 0 unspecified atom stereocenters. The highest BCUT2D eigenvalue weighted by molar-refractivity contribution is 5.97. The topological polar surface area (TPSA) is 35.9 Å². The zero-order chi connectivity index (χ0) is 13.8. The predicted octanol–water partition coefficient (Wildman–Crippen LogP) is 2.59. The molecule has 100 valence electrons. The Morgan fingerprint density at radius 1 is 1.00 bits per heavy atom. The maximum Gasteiger partial charge on any atom is 0.183 e. The van der Waals surface area contributed by atoms with Crippen molar-refractivity contribution in [2.75, 3.05) is 18.1 Å². The Bertz CT molecular complexity index is 610. The van der Waals surface area contributed by atoms with Crippen LogP contribution in [-0.2, 0) is 0 Å². The van der Waals surface area contributed by atoms with Crippen molar-refractivity contribution in [2.45, 2.75) is 0 Å². The molecule has 1 aliphatic rings. The average Bonchev–Trinajstić information content (AvgIpc) is 2.97. The van der Waals surface area contributed by atoms with Crippen molar-refractivity contribution in [3.8, 4) is 0 Å². The minimum atomic E-state index is 0.0812. The van der Waals surface area contributed by atoms with Gasteiger partial charge >= 0.3 is 0 Å². The summed E-state index contributed by atoms with van der Waals surface area (Å²) < 4.78 is 0. The molecule has 0 spiro atoms. The smallest absolute Gasteiger partial charge is 0.183 e. The number of carbonyl (C=O) groups excluding carboxylic acids is 1. The molecule has 0 atom stereocenters. The van der Waals surface area contributed by atoms with E-state index in [0.29, 0.717) is 13.2 Å². The van der Waals surface area contributed by atoms with Gasteiger partial charge in [0.15, 0.2) is 5.78 Å². The Hall–Kier alpha value is -2.62. The van der Waals surface area contributed by atoms with Gasteiger partial charge in [-0.15, -0.1) is 0 Å². The fourth-order valence-electron chi connectivity index (χ4n) is 2.12. The number of ketones is 1. The maximum atomic E-state index is 12.1. The molecule has 2 aromatic rings. The van der Waals surface area contributed by atoms with Crippen molar-refractivity contribution < 1.29 is 4.79 Å². The molecular weight excluding hydrogens is 250 g/mol. The molecule has 0 bridgehead atoms. The molecule has 0 N–H and O–H groups in total. The molecule has 1 heterocycles. The number of rotatable bonds is 4. The standard InChI is InChI=1S/C16H15N3O/c20-16(14-7-3-1-4-8-14)11-19-13-18(12-17-19)15-9-5-2-6-10-15/h1-10,12H,11,13H2. The summed E-state index contributed by atoms with van der Waals surface area (Å²) in [5.74, 6) is 0.0812. The van der Waals surface area contributed by atoms with Crippen molar-refractivity contribution in [3.05, 3.63) is 66.2 Å². The summed E-state index contributed by atoms with van der Waals surface area (Å²) in [6.45, 7) is 0.895. The summed E-state index contributed by atoms with van der Waals surface area (Å²) in [4.78, 5) is 14.1. The van der Waals surface area contributed by atoms with Crippen LogP contribution in [0, 0.1) is 0 Å². The monoisotopic (exact) mass is 265 g/mol. The summed E-state index contributed by atoms with van der Waals surface area (Å²) in [6, 6.07) is 19.3. The van der Waals surface area contributed by atoms with Crippen LogP contribution in [-0.4, -0.2) is 30.3 Å². The highest BCUT2D eigenvalue weighted by Crippen LogP contribution is 2.16. The number of Topliss-reactive ketones (excluding diaryl/α,β-unsaturated/α-hetero) is 1. The van der Waals surface area contributed by atoms with E-state index in [4.69, 9.17) is 0 Å². The number of carbonyl (C=O) groups is 1. The number of hydrogen-bond acceptors (Lipinski definition) is 4. The van der Waals surface area contributed by atoms with Gasteiger partial charge < -0.3 is 4.90 Å². The molecule has 0 aromatic heterocycles. The Balaban J connectivity index is 1.62. The van der Waals surface area contributed by atoms with Crippen LogP contribution in [0.15, 0.2) is 65.8 Å². The van der Waals surface area contributed by atoms with Crippen LogP contribution >= 0.6 is 0 Å². The van der Waals surface area contributed by atoms with Crippen LogP contribution in [0.5, 0.6) is 0 Å². The number of para-hydroxylation sites is 1. The van der Waals surface area contributed by atoms with Gasteiger partial charge in [0.25, 0.3) is 0 Å². The van der Waals surface area contributed by atoms with E-state index in [0.717, 1.165) is 11.3 Å². The van der Waals surface area contributed by atoms with E-state index in [2.05, 4.69) is 5.10 Å². The molecule has 2 aromatic carbocycles. The minimum absolute atomic E-state index is 0.0812. The first-order valence-electron chi connectivity index (χ1n) is 6.52. The van der Waals surface area contributed by atoms with Crippen molar-refractivity contribution in [1.29, 1.82) is 0 Å². The second-order valence-electron chi connectivity index (χ2n) is 4.63. The van der Waals surface area contributed by atoms with Crippen LogP contribution in [0.3, 0.4) is 0 Å². The number of anilines is 1. The first-order valence-corrected chi connectivity index (χ1v) is 6.52. The van der Waals surface area contributed by atoms with E-state index in [-0.39, 0.29) is 5.78 Å². The molecule has 3 rings (SSSR count). The first-order chi connectivity index (χ1) is 9.83. The Labute approximate surface area is 117 Å². The highest BCUT2D eigenvalue weighted by atomic mass is 16.1. The lowest BCUT2D eigenvalue weighted by atomic mass is 10.1. The second-order valence-corrected chi connectivity index (χ2v) is 4.63. The molecule has 0 fully saturated rings. The van der Waals surface area contributed by atoms with Gasteiger partial charge in [0.1, 0.15) is 19.6 Å². The van der Waals surface area contributed by atoms with Gasteiger partial charge in [-0.3, -0.25) is 9.80 Å². The minimum Gasteiger partial charge on any atom is -0.311 e. The number of nitrogens with zero attached hydrogens (tertiary/aromatic N) is 3. The number of hydrogen-bond donors (Lipinski definition) is 0. The quantitative estimate of drug-likeness (QED) is 0.797. The number of benzene rings is 2. The van der Waals surface area contributed by atoms with Gasteiger partial charge in [-0.25, -0.2) is 0 Å². The van der Waals surface area contributed by atoms with Gasteiger partial charge in [-0.05, 0) is 12.1 Å². The van der Waals surface area contributed by atoms with Gasteiger partial charge in [-0.1, -0.05) is 48.5 Å². The van der Waals surface area contributed by atoms with E-state index >= 15 is 0 Å². The van der Waals surface area contributed by atoms with Gasteiger partial charge in [0, 0.05) is 11.3 Å². The summed E-state index contributed by atoms with van der Waals surface area (Å²) in [5, 5.41) is 6.04. The van der Waals surface area contributed by atoms with E-state index in [9.17, 15) is 4.79 Å². The zero-order valence-corrected chi connectivity index (χ0v) is 11.0. The van der Waals surface area contributed by atoms with Crippen LogP contribution < -0.4 is 4.90 Å². The third kappa shape index (κ3) is 2.69. The van der Waals surface area contributed by atoms with Gasteiger partial charge in [-0.2, -0.15) is 5.10 Å². The van der Waals surface area contributed by atoms with Crippen molar-refractivity contribution >= 4 is 17.8 Å². The molecule has 0 amide bonds. The van der Waals surface area contributed by atoms with Gasteiger partial charge in [0.2, 0.25) is 0 Å². The second kappa shape index (κ2) is 5.57. The molecule has 4 nitrogen and oxygen atoms in total. The fourth-order valence-corrected chi connectivity index (χ4v) is 2.12. The lowest BCUT2D eigenvalue weighted by Crippen LogP contribution is -2.30.